The number of H-pyrrole nitrogens is 1. The molecule has 0 bridgehead atoms. The predicted octanol–water partition coefficient (Wildman–Crippen LogP) is 4.01. The minimum absolute atomic E-state index is 0.0587. The van der Waals surface area contributed by atoms with Gasteiger partial charge in [-0.1, -0.05) is 6.07 Å². The van der Waals surface area contributed by atoms with Gasteiger partial charge in [0, 0.05) is 34.9 Å². The molecule has 0 radical (unpaired) electrons. The van der Waals surface area contributed by atoms with Crippen molar-refractivity contribution in [2.45, 2.75) is 6.92 Å². The number of primary amides is 1. The highest BCUT2D eigenvalue weighted by molar-refractivity contribution is 6.17. The maximum absolute atomic E-state index is 14.0. The van der Waals surface area contributed by atoms with Crippen LogP contribution in [0.1, 0.15) is 26.3 Å². The molecule has 2 amide bonds. The maximum Gasteiger partial charge on any atom is 0.254 e. The summed E-state index contributed by atoms with van der Waals surface area (Å²) in [6.07, 6.45) is 0. The zero-order chi connectivity index (χ0) is 22.4. The Morgan fingerprint density at radius 3 is 2.47 bits per heavy atom. The van der Waals surface area contributed by atoms with E-state index in [0.29, 0.717) is 54.1 Å². The molecule has 162 valence electrons. The summed E-state index contributed by atoms with van der Waals surface area (Å²) < 4.78 is 19.4. The van der Waals surface area contributed by atoms with E-state index in [-0.39, 0.29) is 11.7 Å². The molecule has 0 spiro atoms. The molecule has 5 rings (SSSR count). The number of aromatic nitrogens is 1. The average molecular weight is 431 g/mol. The predicted molar refractivity (Wildman–Crippen MR) is 121 cm³/mol. The van der Waals surface area contributed by atoms with Crippen molar-refractivity contribution >= 4 is 33.6 Å². The number of carbonyl (C=O) groups excluding carboxylic acids is 2. The largest absolute Gasteiger partial charge is 0.378 e. The maximum atomic E-state index is 14.0. The van der Waals surface area contributed by atoms with Gasteiger partial charge in [0.05, 0.1) is 24.3 Å². The van der Waals surface area contributed by atoms with Crippen LogP contribution in [0.3, 0.4) is 0 Å². The number of amides is 2. The molecule has 2 heterocycles. The topological polar surface area (TPSA) is 88.4 Å². The van der Waals surface area contributed by atoms with Gasteiger partial charge in [0.2, 0.25) is 0 Å². The smallest absolute Gasteiger partial charge is 0.254 e. The van der Waals surface area contributed by atoms with Crippen LogP contribution >= 0.6 is 0 Å². The first kappa shape index (κ1) is 20.2. The van der Waals surface area contributed by atoms with E-state index < -0.39 is 5.91 Å². The van der Waals surface area contributed by atoms with Crippen molar-refractivity contribution in [2.24, 2.45) is 5.73 Å². The van der Waals surface area contributed by atoms with E-state index >= 15 is 0 Å². The molecule has 1 aromatic heterocycles. The number of ether oxygens (including phenoxy) is 1. The molecule has 4 aromatic rings. The number of rotatable bonds is 3. The van der Waals surface area contributed by atoms with Gasteiger partial charge in [-0.05, 0) is 66.1 Å². The Labute approximate surface area is 183 Å². The van der Waals surface area contributed by atoms with Crippen molar-refractivity contribution in [1.29, 1.82) is 0 Å². The van der Waals surface area contributed by atoms with E-state index in [0.717, 1.165) is 21.9 Å². The van der Waals surface area contributed by atoms with E-state index in [2.05, 4.69) is 4.98 Å². The van der Waals surface area contributed by atoms with Gasteiger partial charge in [-0.2, -0.15) is 0 Å². The molecule has 3 aromatic carbocycles. The lowest BCUT2D eigenvalue weighted by Gasteiger charge is -2.26. The number of benzene rings is 3. The molecule has 0 saturated carbocycles. The molecule has 1 aliphatic heterocycles. The van der Waals surface area contributed by atoms with E-state index in [1.54, 1.807) is 17.0 Å². The zero-order valence-corrected chi connectivity index (χ0v) is 17.6. The van der Waals surface area contributed by atoms with Crippen molar-refractivity contribution in [3.05, 3.63) is 71.0 Å². The Bertz CT molecular complexity index is 1370. The minimum atomic E-state index is -0.582. The Balaban J connectivity index is 1.70. The van der Waals surface area contributed by atoms with Gasteiger partial charge in [0.15, 0.2) is 0 Å². The number of hydrogen-bond acceptors (Lipinski definition) is 3. The fourth-order valence-electron chi connectivity index (χ4n) is 4.35. The number of nitrogens with two attached hydrogens (primary N) is 1. The molecular weight excluding hydrogens is 409 g/mol. The van der Waals surface area contributed by atoms with Crippen LogP contribution in [-0.2, 0) is 4.74 Å². The average Bonchev–Trinajstić information content (AvgIpc) is 3.15. The van der Waals surface area contributed by atoms with Crippen LogP contribution in [0.4, 0.5) is 4.39 Å². The van der Waals surface area contributed by atoms with Crippen LogP contribution in [0, 0.1) is 12.7 Å². The second-order valence-corrected chi connectivity index (χ2v) is 8.12. The van der Waals surface area contributed by atoms with Crippen LogP contribution < -0.4 is 5.73 Å². The summed E-state index contributed by atoms with van der Waals surface area (Å²) >= 11 is 0. The lowest BCUT2D eigenvalue weighted by Crippen LogP contribution is -2.40. The number of hydrogen-bond donors (Lipinski definition) is 2. The summed E-state index contributed by atoms with van der Waals surface area (Å²) in [6.45, 7) is 3.98. The quantitative estimate of drug-likeness (QED) is 0.514. The third-order valence-electron chi connectivity index (χ3n) is 5.89. The van der Waals surface area contributed by atoms with Gasteiger partial charge in [0.1, 0.15) is 5.82 Å². The standard InChI is InChI=1S/C25H22FN3O3/c1-14-8-16(10-18(26)9-14)17-12-20-19-11-15(25(31)29-4-6-32-7-5-29)2-3-22(19)28-23(20)21(13-17)24(27)30/h2-3,8-13,28H,4-7H2,1H3,(H2,27,30). The molecular formula is C25H22FN3O3. The fourth-order valence-corrected chi connectivity index (χ4v) is 4.35. The summed E-state index contributed by atoms with van der Waals surface area (Å²) in [5.74, 6) is -0.990. The number of morpholine rings is 1. The van der Waals surface area contributed by atoms with Crippen molar-refractivity contribution < 1.29 is 18.7 Å². The number of halogens is 1. The number of aryl methyl sites for hydroxylation is 1. The molecule has 6 nitrogen and oxygen atoms in total. The van der Waals surface area contributed by atoms with Crippen molar-refractivity contribution in [2.75, 3.05) is 26.3 Å². The van der Waals surface area contributed by atoms with Gasteiger partial charge in [-0.25, -0.2) is 4.39 Å². The van der Waals surface area contributed by atoms with Crippen LogP contribution in [-0.4, -0.2) is 48.0 Å². The Morgan fingerprint density at radius 2 is 1.75 bits per heavy atom. The SMILES string of the molecule is Cc1cc(F)cc(-c2cc(C(N)=O)c3[nH]c4ccc(C(=O)N5CCOCC5)cc4c3c2)c1. The summed E-state index contributed by atoms with van der Waals surface area (Å²) in [5, 5.41) is 1.56. The Morgan fingerprint density at radius 1 is 1.00 bits per heavy atom. The number of fused-ring (bicyclic) bond motifs is 3. The molecule has 1 fully saturated rings. The summed E-state index contributed by atoms with van der Waals surface area (Å²) in [7, 11) is 0. The Kier molecular flexibility index (Phi) is 4.90. The zero-order valence-electron chi connectivity index (χ0n) is 17.6. The van der Waals surface area contributed by atoms with Gasteiger partial charge >= 0.3 is 0 Å². The van der Waals surface area contributed by atoms with Gasteiger partial charge < -0.3 is 20.4 Å². The summed E-state index contributed by atoms with van der Waals surface area (Å²) in [6, 6.07) is 13.8. The minimum Gasteiger partial charge on any atom is -0.378 e. The highest BCUT2D eigenvalue weighted by Crippen LogP contribution is 2.34. The van der Waals surface area contributed by atoms with Crippen LogP contribution in [0.15, 0.2) is 48.5 Å². The highest BCUT2D eigenvalue weighted by atomic mass is 19.1. The third kappa shape index (κ3) is 3.50. The van der Waals surface area contributed by atoms with Crippen LogP contribution in [0.25, 0.3) is 32.9 Å². The fraction of sp³-hybridized carbons (Fsp3) is 0.200. The molecule has 0 aliphatic carbocycles. The second-order valence-electron chi connectivity index (χ2n) is 8.12. The third-order valence-corrected chi connectivity index (χ3v) is 5.89. The van der Waals surface area contributed by atoms with E-state index in [1.807, 2.05) is 31.2 Å². The molecule has 7 heteroatoms. The Hall–Kier alpha value is -3.71. The molecule has 3 N–H and O–H groups in total. The first-order valence-corrected chi connectivity index (χ1v) is 10.4. The van der Waals surface area contributed by atoms with Crippen molar-refractivity contribution in [3.8, 4) is 11.1 Å². The summed E-state index contributed by atoms with van der Waals surface area (Å²) in [5.41, 5.74) is 10.1. The monoisotopic (exact) mass is 431 g/mol. The normalized spacial score (nSPS) is 14.2. The highest BCUT2D eigenvalue weighted by Gasteiger charge is 2.20. The van der Waals surface area contributed by atoms with Gasteiger partial charge in [-0.15, -0.1) is 0 Å². The van der Waals surface area contributed by atoms with Crippen LogP contribution in [0.2, 0.25) is 0 Å². The number of nitrogens with one attached hydrogen (secondary N) is 1. The van der Waals surface area contributed by atoms with Gasteiger partial charge in [0.25, 0.3) is 11.8 Å². The van der Waals surface area contributed by atoms with Crippen LogP contribution in [0.5, 0.6) is 0 Å². The van der Waals surface area contributed by atoms with Crippen molar-refractivity contribution in [1.82, 2.24) is 9.88 Å². The molecule has 1 aliphatic rings. The molecule has 0 atom stereocenters. The van der Waals surface area contributed by atoms with Gasteiger partial charge in [-0.3, -0.25) is 9.59 Å². The number of aromatic amines is 1. The molecule has 32 heavy (non-hydrogen) atoms. The summed E-state index contributed by atoms with van der Waals surface area (Å²) in [4.78, 5) is 30.3. The van der Waals surface area contributed by atoms with Crippen molar-refractivity contribution in [3.63, 3.8) is 0 Å². The van der Waals surface area contributed by atoms with E-state index in [4.69, 9.17) is 10.5 Å². The molecule has 1 saturated heterocycles. The number of nitrogens with zero attached hydrogens (tertiary/aromatic N) is 1. The number of carbonyl (C=O) groups is 2. The lowest BCUT2D eigenvalue weighted by atomic mass is 9.97. The second kappa shape index (κ2) is 7.76. The van der Waals surface area contributed by atoms with E-state index in [1.165, 1.54) is 12.1 Å². The first-order chi connectivity index (χ1) is 15.4. The lowest BCUT2D eigenvalue weighted by molar-refractivity contribution is 0.0303. The first-order valence-electron chi connectivity index (χ1n) is 10.4. The van der Waals surface area contributed by atoms with E-state index in [9.17, 15) is 14.0 Å². The molecule has 0 unspecified atom stereocenters.